The average molecular weight is 633 g/mol. The minimum Gasteiger partial charge on any atom is -0.325 e. The summed E-state index contributed by atoms with van der Waals surface area (Å²) >= 11 is 7.54. The number of hydrogen-bond acceptors (Lipinski definition) is 5. The van der Waals surface area contributed by atoms with Crippen LogP contribution in [0.4, 0.5) is 11.4 Å². The lowest BCUT2D eigenvalue weighted by Crippen LogP contribution is -2.30. The van der Waals surface area contributed by atoms with Crippen LogP contribution in [0, 0.1) is 6.92 Å². The fourth-order valence-electron chi connectivity index (χ4n) is 4.38. The summed E-state index contributed by atoms with van der Waals surface area (Å²) in [5.41, 5.74) is 3.96. The second-order valence-corrected chi connectivity index (χ2v) is 11.6. The highest BCUT2D eigenvalue weighted by molar-refractivity contribution is 8.00. The van der Waals surface area contributed by atoms with Crippen LogP contribution in [0.15, 0.2) is 138 Å². The molecule has 5 aromatic rings. The molecule has 45 heavy (non-hydrogen) atoms. The Hall–Kier alpha value is -5.18. The number of aryl methyl sites for hydroxylation is 1. The van der Waals surface area contributed by atoms with Gasteiger partial charge in [0.05, 0.1) is 0 Å². The molecule has 0 aliphatic heterocycles. The van der Waals surface area contributed by atoms with Crippen molar-refractivity contribution in [3.05, 3.63) is 161 Å². The van der Waals surface area contributed by atoms with Gasteiger partial charge in [-0.15, -0.1) is 11.8 Å². The molecule has 0 spiro atoms. The summed E-state index contributed by atoms with van der Waals surface area (Å²) in [7, 11) is 0. The molecule has 9 heteroatoms. The molecule has 0 saturated heterocycles. The number of nitrogens with one attached hydrogen (secondary N) is 3. The van der Waals surface area contributed by atoms with Crippen molar-refractivity contribution >= 4 is 58.5 Å². The Morgan fingerprint density at radius 3 is 2.31 bits per heavy atom. The minimum absolute atomic E-state index is 0.0494. The SMILES string of the molecule is Cc1ccc(Cl)cc1NC(=O)C(Sc1cccc(NC(=O)/C(=C/c2cccnc2)NC(=O)c2ccccc2)c1)c1ccccc1. The number of amides is 3. The van der Waals surface area contributed by atoms with Crippen LogP contribution >= 0.6 is 23.4 Å². The van der Waals surface area contributed by atoms with Gasteiger partial charge in [0.1, 0.15) is 10.9 Å². The molecule has 0 bridgehead atoms. The van der Waals surface area contributed by atoms with Crippen molar-refractivity contribution in [2.24, 2.45) is 0 Å². The normalized spacial score (nSPS) is 11.7. The van der Waals surface area contributed by atoms with Crippen molar-refractivity contribution in [2.75, 3.05) is 10.6 Å². The molecular formula is C36H29ClN4O3S. The topological polar surface area (TPSA) is 100 Å². The maximum atomic E-state index is 13.6. The maximum Gasteiger partial charge on any atom is 0.272 e. The quantitative estimate of drug-likeness (QED) is 0.107. The van der Waals surface area contributed by atoms with Crippen LogP contribution in [0.2, 0.25) is 5.02 Å². The van der Waals surface area contributed by atoms with Gasteiger partial charge in [-0.3, -0.25) is 19.4 Å². The van der Waals surface area contributed by atoms with Gasteiger partial charge in [-0.25, -0.2) is 0 Å². The lowest BCUT2D eigenvalue weighted by molar-refractivity contribution is -0.116. The van der Waals surface area contributed by atoms with Gasteiger partial charge in [-0.05, 0) is 78.2 Å². The third kappa shape index (κ3) is 8.69. The van der Waals surface area contributed by atoms with Crippen molar-refractivity contribution in [1.29, 1.82) is 0 Å². The van der Waals surface area contributed by atoms with E-state index in [2.05, 4.69) is 20.9 Å². The number of rotatable bonds is 10. The largest absolute Gasteiger partial charge is 0.325 e. The first-order chi connectivity index (χ1) is 21.9. The van der Waals surface area contributed by atoms with Gasteiger partial charge in [0.25, 0.3) is 11.8 Å². The number of hydrogen-bond donors (Lipinski definition) is 3. The summed E-state index contributed by atoms with van der Waals surface area (Å²) in [6.45, 7) is 1.90. The van der Waals surface area contributed by atoms with E-state index < -0.39 is 17.1 Å². The van der Waals surface area contributed by atoms with E-state index in [-0.39, 0.29) is 11.6 Å². The molecule has 3 amide bonds. The van der Waals surface area contributed by atoms with Crippen molar-refractivity contribution in [3.8, 4) is 0 Å². The minimum atomic E-state index is -0.596. The molecule has 0 aliphatic rings. The molecule has 5 rings (SSSR count). The van der Waals surface area contributed by atoms with Crippen molar-refractivity contribution < 1.29 is 14.4 Å². The molecule has 3 N–H and O–H groups in total. The fraction of sp³-hybridized carbons (Fsp3) is 0.0556. The molecule has 4 aromatic carbocycles. The van der Waals surface area contributed by atoms with Gasteiger partial charge >= 0.3 is 0 Å². The zero-order chi connectivity index (χ0) is 31.6. The van der Waals surface area contributed by atoms with Crippen LogP contribution < -0.4 is 16.0 Å². The van der Waals surface area contributed by atoms with Gasteiger partial charge < -0.3 is 16.0 Å². The van der Waals surface area contributed by atoms with E-state index in [1.807, 2.05) is 55.5 Å². The van der Waals surface area contributed by atoms with Gasteiger partial charge in [0, 0.05) is 39.3 Å². The van der Waals surface area contributed by atoms with E-state index in [0.717, 1.165) is 16.0 Å². The Kier molecular flexibility index (Phi) is 10.4. The first-order valence-corrected chi connectivity index (χ1v) is 15.3. The Morgan fingerprint density at radius 1 is 0.822 bits per heavy atom. The highest BCUT2D eigenvalue weighted by Gasteiger charge is 2.23. The van der Waals surface area contributed by atoms with E-state index in [0.29, 0.717) is 27.5 Å². The van der Waals surface area contributed by atoms with Crippen LogP contribution in [0.25, 0.3) is 6.08 Å². The number of benzene rings is 4. The number of aromatic nitrogens is 1. The first kappa shape index (κ1) is 31.3. The third-order valence-electron chi connectivity index (χ3n) is 6.67. The summed E-state index contributed by atoms with van der Waals surface area (Å²) in [5.74, 6) is -1.15. The summed E-state index contributed by atoms with van der Waals surface area (Å²) < 4.78 is 0. The van der Waals surface area contributed by atoms with E-state index in [9.17, 15) is 14.4 Å². The van der Waals surface area contributed by atoms with E-state index >= 15 is 0 Å². The molecule has 1 atom stereocenters. The maximum absolute atomic E-state index is 13.6. The molecule has 0 saturated carbocycles. The molecule has 0 fully saturated rings. The summed E-state index contributed by atoms with van der Waals surface area (Å²) in [4.78, 5) is 44.9. The molecular weight excluding hydrogens is 604 g/mol. The van der Waals surface area contributed by atoms with Gasteiger partial charge in [-0.2, -0.15) is 0 Å². The number of anilines is 2. The van der Waals surface area contributed by atoms with Crippen molar-refractivity contribution in [2.45, 2.75) is 17.1 Å². The Labute approximate surface area is 270 Å². The summed E-state index contributed by atoms with van der Waals surface area (Å²) in [6, 6.07) is 34.2. The van der Waals surface area contributed by atoms with Gasteiger partial charge in [0.2, 0.25) is 5.91 Å². The lowest BCUT2D eigenvalue weighted by atomic mass is 10.1. The monoisotopic (exact) mass is 632 g/mol. The number of halogens is 1. The number of pyridine rings is 1. The molecule has 1 unspecified atom stereocenters. The third-order valence-corrected chi connectivity index (χ3v) is 8.15. The molecule has 0 radical (unpaired) electrons. The highest BCUT2D eigenvalue weighted by Crippen LogP contribution is 2.37. The molecule has 0 aliphatic carbocycles. The molecule has 1 heterocycles. The van der Waals surface area contributed by atoms with Crippen LogP contribution in [0.3, 0.4) is 0 Å². The Morgan fingerprint density at radius 2 is 1.58 bits per heavy atom. The predicted molar refractivity (Wildman–Crippen MR) is 181 cm³/mol. The van der Waals surface area contributed by atoms with Crippen LogP contribution in [0.5, 0.6) is 0 Å². The number of carbonyl (C=O) groups is 3. The molecule has 1 aromatic heterocycles. The Bertz CT molecular complexity index is 1830. The number of thioether (sulfide) groups is 1. The van der Waals surface area contributed by atoms with Crippen LogP contribution in [-0.2, 0) is 9.59 Å². The molecule has 224 valence electrons. The van der Waals surface area contributed by atoms with Crippen molar-refractivity contribution in [1.82, 2.24) is 10.3 Å². The number of carbonyl (C=O) groups excluding carboxylic acids is 3. The molecule has 7 nitrogen and oxygen atoms in total. The lowest BCUT2D eigenvalue weighted by Gasteiger charge is -2.19. The Balaban J connectivity index is 1.37. The van der Waals surface area contributed by atoms with E-state index in [1.54, 1.807) is 85.2 Å². The smallest absolute Gasteiger partial charge is 0.272 e. The fourth-order valence-corrected chi connectivity index (χ4v) is 5.64. The summed E-state index contributed by atoms with van der Waals surface area (Å²) in [5, 5.41) is 8.57. The van der Waals surface area contributed by atoms with Crippen molar-refractivity contribution in [3.63, 3.8) is 0 Å². The van der Waals surface area contributed by atoms with Crippen LogP contribution in [-0.4, -0.2) is 22.7 Å². The number of nitrogens with zero attached hydrogens (tertiary/aromatic N) is 1. The summed E-state index contributed by atoms with van der Waals surface area (Å²) in [6.07, 6.45) is 4.79. The van der Waals surface area contributed by atoms with Gasteiger partial charge in [0.15, 0.2) is 0 Å². The first-order valence-electron chi connectivity index (χ1n) is 14.0. The van der Waals surface area contributed by atoms with E-state index in [4.69, 9.17) is 11.6 Å². The zero-order valence-electron chi connectivity index (χ0n) is 24.2. The zero-order valence-corrected chi connectivity index (χ0v) is 25.8. The van der Waals surface area contributed by atoms with Gasteiger partial charge in [-0.1, -0.05) is 78.3 Å². The standard InChI is InChI=1S/C36H29ClN4O3S/c1-24-17-18-28(37)21-31(24)40-36(44)33(26-11-4-2-5-12-26)45-30-16-8-15-29(22-30)39-35(43)32(20-25-10-9-19-38-23-25)41-34(42)27-13-6-3-7-14-27/h2-23,33H,1H3,(H,39,43)(H,40,44)(H,41,42)/b32-20-. The van der Waals surface area contributed by atoms with E-state index in [1.165, 1.54) is 11.8 Å². The average Bonchev–Trinajstić information content (AvgIpc) is 3.06. The highest BCUT2D eigenvalue weighted by atomic mass is 35.5. The van der Waals surface area contributed by atoms with Crippen LogP contribution in [0.1, 0.15) is 32.3 Å². The second kappa shape index (κ2) is 15.0. The second-order valence-electron chi connectivity index (χ2n) is 10.0. The predicted octanol–water partition coefficient (Wildman–Crippen LogP) is 7.93.